The largest absolute Gasteiger partial charge is 0.340 e. The molecule has 2 aromatic carbocycles. The third-order valence-corrected chi connectivity index (χ3v) is 9.48. The highest BCUT2D eigenvalue weighted by Crippen LogP contribution is 2.24. The number of carbonyl (C=O) groups is 1. The van der Waals surface area contributed by atoms with Crippen molar-refractivity contribution in [1.29, 1.82) is 0 Å². The maximum atomic E-state index is 12.9. The molecule has 4 rings (SSSR count). The van der Waals surface area contributed by atoms with Crippen molar-refractivity contribution < 1.29 is 13.2 Å². The standard InChI is InChI=1S/C24H29ClN4O3S2/c1-17-22(27(3)24(26-2)33-17)16-28-9-11-29(12-10-28)23(30)8-13-34(31,32)21-7-5-18-14-20(25)6-4-19(18)15-21/h4-7,14-15H,8-13,16H2,1-3H3/b26-24-. The Balaban J connectivity index is 1.32. The maximum absolute atomic E-state index is 12.9. The van der Waals surface area contributed by atoms with E-state index in [4.69, 9.17) is 11.6 Å². The fourth-order valence-electron chi connectivity index (χ4n) is 4.28. The number of benzene rings is 2. The first-order valence-corrected chi connectivity index (χ1v) is 14.0. The normalized spacial score (nSPS) is 15.9. The van der Waals surface area contributed by atoms with Crippen LogP contribution in [0.3, 0.4) is 0 Å². The lowest BCUT2D eigenvalue weighted by Crippen LogP contribution is -2.48. The van der Waals surface area contributed by atoms with E-state index in [0.29, 0.717) is 18.1 Å². The second kappa shape index (κ2) is 10.2. The van der Waals surface area contributed by atoms with Gasteiger partial charge in [-0.2, -0.15) is 0 Å². The molecule has 0 N–H and O–H groups in total. The molecular weight excluding hydrogens is 492 g/mol. The first-order valence-electron chi connectivity index (χ1n) is 11.2. The van der Waals surface area contributed by atoms with Crippen LogP contribution in [0, 0.1) is 6.92 Å². The minimum absolute atomic E-state index is 0.0129. The Kier molecular flexibility index (Phi) is 7.47. The van der Waals surface area contributed by atoms with E-state index in [1.165, 1.54) is 10.6 Å². The van der Waals surface area contributed by atoms with Gasteiger partial charge in [0, 0.05) is 68.8 Å². The molecule has 10 heteroatoms. The van der Waals surface area contributed by atoms with Crippen molar-refractivity contribution in [2.45, 2.75) is 24.8 Å². The average molecular weight is 521 g/mol. The molecule has 0 bridgehead atoms. The van der Waals surface area contributed by atoms with E-state index in [2.05, 4.69) is 21.4 Å². The zero-order valence-corrected chi connectivity index (χ0v) is 22.0. The Morgan fingerprint density at radius 3 is 2.44 bits per heavy atom. The Labute approximate surface area is 209 Å². The topological polar surface area (TPSA) is 75.0 Å². The van der Waals surface area contributed by atoms with Crippen LogP contribution < -0.4 is 4.80 Å². The van der Waals surface area contributed by atoms with Crippen molar-refractivity contribution in [3.63, 3.8) is 0 Å². The summed E-state index contributed by atoms with van der Waals surface area (Å²) in [6, 6.07) is 10.3. The van der Waals surface area contributed by atoms with Gasteiger partial charge in [-0.3, -0.25) is 14.7 Å². The quantitative estimate of drug-likeness (QED) is 0.500. The monoisotopic (exact) mass is 520 g/mol. The van der Waals surface area contributed by atoms with E-state index in [0.717, 1.165) is 35.2 Å². The minimum atomic E-state index is -3.56. The number of aryl methyl sites for hydroxylation is 1. The highest BCUT2D eigenvalue weighted by Gasteiger charge is 2.24. The lowest BCUT2D eigenvalue weighted by Gasteiger charge is -2.35. The van der Waals surface area contributed by atoms with Gasteiger partial charge in [0.2, 0.25) is 5.91 Å². The number of fused-ring (bicyclic) bond motifs is 1. The van der Waals surface area contributed by atoms with Gasteiger partial charge in [-0.1, -0.05) is 23.7 Å². The van der Waals surface area contributed by atoms with Crippen molar-refractivity contribution in [3.8, 4) is 0 Å². The summed E-state index contributed by atoms with van der Waals surface area (Å²) in [5.74, 6) is -0.307. The van der Waals surface area contributed by atoms with E-state index in [9.17, 15) is 13.2 Å². The van der Waals surface area contributed by atoms with Gasteiger partial charge in [0.25, 0.3) is 0 Å². The van der Waals surface area contributed by atoms with Gasteiger partial charge in [0.1, 0.15) is 0 Å². The summed E-state index contributed by atoms with van der Waals surface area (Å²) in [5.41, 5.74) is 1.24. The summed E-state index contributed by atoms with van der Waals surface area (Å²) in [6.45, 7) is 5.66. The Morgan fingerprint density at radius 2 is 1.76 bits per heavy atom. The molecule has 2 heterocycles. The number of sulfone groups is 1. The molecule has 1 aromatic heterocycles. The van der Waals surface area contributed by atoms with Crippen LogP contribution in [0.25, 0.3) is 10.8 Å². The van der Waals surface area contributed by atoms with Crippen molar-refractivity contribution in [2.24, 2.45) is 12.0 Å². The van der Waals surface area contributed by atoms with E-state index >= 15 is 0 Å². The number of carbonyl (C=O) groups excluding carboxylic acids is 1. The molecule has 1 amide bonds. The van der Waals surface area contributed by atoms with Gasteiger partial charge in [-0.05, 0) is 42.0 Å². The number of halogens is 1. The SMILES string of the molecule is C/N=c1\sc(C)c(CN2CCN(C(=O)CCS(=O)(=O)c3ccc4cc(Cl)ccc4c3)CC2)n1C. The molecule has 0 atom stereocenters. The molecule has 0 spiro atoms. The lowest BCUT2D eigenvalue weighted by atomic mass is 10.1. The molecule has 0 aliphatic carbocycles. The number of rotatable bonds is 6. The van der Waals surface area contributed by atoms with Crippen molar-refractivity contribution in [1.82, 2.24) is 14.4 Å². The Hall–Kier alpha value is -2.20. The van der Waals surface area contributed by atoms with E-state index in [-0.39, 0.29) is 23.0 Å². The molecule has 34 heavy (non-hydrogen) atoms. The van der Waals surface area contributed by atoms with Gasteiger partial charge in [0.15, 0.2) is 14.6 Å². The number of hydrogen-bond donors (Lipinski definition) is 0. The number of thiazole rings is 1. The molecule has 0 saturated carbocycles. The third kappa shape index (κ3) is 5.38. The molecule has 1 fully saturated rings. The predicted molar refractivity (Wildman–Crippen MR) is 137 cm³/mol. The van der Waals surface area contributed by atoms with Crippen LogP contribution in [-0.2, 0) is 28.2 Å². The van der Waals surface area contributed by atoms with Crippen LogP contribution in [0.15, 0.2) is 46.3 Å². The van der Waals surface area contributed by atoms with Gasteiger partial charge >= 0.3 is 0 Å². The summed E-state index contributed by atoms with van der Waals surface area (Å²) >= 11 is 7.69. The zero-order chi connectivity index (χ0) is 24.5. The molecule has 7 nitrogen and oxygen atoms in total. The molecule has 1 aliphatic heterocycles. The number of amides is 1. The Bertz CT molecular complexity index is 1390. The third-order valence-electron chi connectivity index (χ3n) is 6.35. The molecule has 0 radical (unpaired) electrons. The van der Waals surface area contributed by atoms with E-state index in [1.54, 1.807) is 59.7 Å². The summed E-state index contributed by atoms with van der Waals surface area (Å²) < 4.78 is 27.9. The van der Waals surface area contributed by atoms with E-state index < -0.39 is 9.84 Å². The average Bonchev–Trinajstić information content (AvgIpc) is 3.10. The van der Waals surface area contributed by atoms with E-state index in [1.807, 2.05) is 7.05 Å². The molecular formula is C24H29ClN4O3S2. The first kappa shape index (κ1) is 24.9. The summed E-state index contributed by atoms with van der Waals surface area (Å²) in [6.07, 6.45) is -0.0129. The van der Waals surface area contributed by atoms with Crippen molar-refractivity contribution in [3.05, 3.63) is 56.8 Å². The van der Waals surface area contributed by atoms with Crippen LogP contribution in [-0.4, -0.2) is 67.7 Å². The van der Waals surface area contributed by atoms with Crippen molar-refractivity contribution >= 4 is 49.5 Å². The van der Waals surface area contributed by atoms with Gasteiger partial charge in [0.05, 0.1) is 10.6 Å². The smallest absolute Gasteiger partial charge is 0.223 e. The minimum Gasteiger partial charge on any atom is -0.340 e. The first-order chi connectivity index (χ1) is 16.2. The van der Waals surface area contributed by atoms with Crippen molar-refractivity contribution in [2.75, 3.05) is 39.0 Å². The molecule has 3 aromatic rings. The highest BCUT2D eigenvalue weighted by atomic mass is 35.5. The summed E-state index contributed by atoms with van der Waals surface area (Å²) in [7, 11) is 0.277. The molecule has 182 valence electrons. The van der Waals surface area contributed by atoms with Crippen LogP contribution in [0.4, 0.5) is 0 Å². The predicted octanol–water partition coefficient (Wildman–Crippen LogP) is 3.24. The highest BCUT2D eigenvalue weighted by molar-refractivity contribution is 7.91. The number of hydrogen-bond acceptors (Lipinski definition) is 6. The number of aromatic nitrogens is 1. The van der Waals surface area contributed by atoms with Crippen LogP contribution in [0.2, 0.25) is 5.02 Å². The number of nitrogens with zero attached hydrogens (tertiary/aromatic N) is 4. The molecule has 0 unspecified atom stereocenters. The van der Waals surface area contributed by atoms with Gasteiger partial charge < -0.3 is 9.47 Å². The zero-order valence-electron chi connectivity index (χ0n) is 19.6. The molecule has 1 saturated heterocycles. The second-order valence-electron chi connectivity index (χ2n) is 8.55. The van der Waals surface area contributed by atoms with Gasteiger partial charge in [-0.25, -0.2) is 8.42 Å². The van der Waals surface area contributed by atoms with Gasteiger partial charge in [-0.15, -0.1) is 11.3 Å². The molecule has 1 aliphatic rings. The fourth-order valence-corrected chi connectivity index (χ4v) is 6.65. The lowest BCUT2D eigenvalue weighted by molar-refractivity contribution is -0.132. The number of piperazine rings is 1. The summed E-state index contributed by atoms with van der Waals surface area (Å²) in [4.78, 5) is 23.7. The Morgan fingerprint density at radius 1 is 1.09 bits per heavy atom. The van der Waals surface area contributed by atoms with Crippen LogP contribution in [0.5, 0.6) is 0 Å². The van der Waals surface area contributed by atoms with Crippen LogP contribution >= 0.6 is 22.9 Å². The second-order valence-corrected chi connectivity index (χ2v) is 12.3. The van der Waals surface area contributed by atoms with Crippen LogP contribution in [0.1, 0.15) is 17.0 Å². The fraction of sp³-hybridized carbons (Fsp3) is 0.417. The maximum Gasteiger partial charge on any atom is 0.223 e. The summed E-state index contributed by atoms with van der Waals surface area (Å²) in [5, 5.41) is 2.29.